The first kappa shape index (κ1) is 24.0. The lowest BCUT2D eigenvalue weighted by molar-refractivity contribution is -0.136. The third-order valence-corrected chi connectivity index (χ3v) is 5.72. The average Bonchev–Trinajstić information content (AvgIpc) is 2.78. The Labute approximate surface area is 184 Å². The Kier molecular flexibility index (Phi) is 8.09. The molecule has 1 fully saturated rings. The van der Waals surface area contributed by atoms with Crippen LogP contribution in [0.1, 0.15) is 29.6 Å². The van der Waals surface area contributed by atoms with Crippen LogP contribution in [0, 0.1) is 0 Å². The molecule has 2 aliphatic rings. The summed E-state index contributed by atoms with van der Waals surface area (Å²) in [5, 5.41) is 8.65. The maximum atomic E-state index is 13.0. The van der Waals surface area contributed by atoms with Crippen LogP contribution < -0.4 is 4.74 Å². The number of hydrogen-bond donors (Lipinski definition) is 1. The highest BCUT2D eigenvalue weighted by atomic mass is 19.4. The fourth-order valence-electron chi connectivity index (χ4n) is 3.84. The summed E-state index contributed by atoms with van der Waals surface area (Å²) in [7, 11) is 0. The number of alkyl halides is 3. The molecule has 0 radical (unpaired) electrons. The maximum absolute atomic E-state index is 13.0. The predicted octanol–water partition coefficient (Wildman–Crippen LogP) is 3.55. The van der Waals surface area contributed by atoms with E-state index < -0.39 is 17.7 Å². The van der Waals surface area contributed by atoms with E-state index in [1.165, 1.54) is 6.08 Å². The highest BCUT2D eigenvalue weighted by Gasteiger charge is 2.36. The molecule has 0 amide bonds. The van der Waals surface area contributed by atoms with Gasteiger partial charge in [-0.15, -0.1) is 0 Å². The van der Waals surface area contributed by atoms with Gasteiger partial charge in [-0.3, -0.25) is 19.4 Å². The van der Waals surface area contributed by atoms with Crippen LogP contribution in [0.4, 0.5) is 13.2 Å². The fourth-order valence-corrected chi connectivity index (χ4v) is 3.84. The Balaban J connectivity index is 1.37. The maximum Gasteiger partial charge on any atom is 0.412 e. The van der Waals surface area contributed by atoms with Gasteiger partial charge in [-0.2, -0.15) is 13.2 Å². The lowest BCUT2D eigenvalue weighted by atomic mass is 9.98. The average molecular weight is 452 g/mol. The molecule has 174 valence electrons. The van der Waals surface area contributed by atoms with Crippen molar-refractivity contribution in [3.8, 4) is 5.75 Å². The highest BCUT2D eigenvalue weighted by Crippen LogP contribution is 2.32. The number of allylic oxidation sites excluding steroid dienone is 2. The number of ether oxygens (including phenoxy) is 1. The number of carbonyl (C=O) groups is 2. The van der Waals surface area contributed by atoms with Crippen LogP contribution in [0.3, 0.4) is 0 Å². The molecule has 1 unspecified atom stereocenters. The van der Waals surface area contributed by atoms with Gasteiger partial charge in [-0.1, -0.05) is 18.2 Å². The van der Waals surface area contributed by atoms with Crippen molar-refractivity contribution < 1.29 is 32.6 Å². The molecule has 1 atom stereocenters. The number of piperazine rings is 1. The minimum absolute atomic E-state index is 0.00207. The molecule has 0 aromatic heterocycles. The quantitative estimate of drug-likeness (QED) is 0.578. The molecule has 6 nitrogen and oxygen atoms in total. The second kappa shape index (κ2) is 10.8. The fraction of sp³-hybridized carbons (Fsp3) is 0.478. The van der Waals surface area contributed by atoms with E-state index in [-0.39, 0.29) is 31.1 Å². The van der Waals surface area contributed by atoms with Crippen molar-refractivity contribution in [2.75, 3.05) is 39.3 Å². The third-order valence-electron chi connectivity index (χ3n) is 5.72. The Hall–Kier alpha value is -2.65. The molecule has 1 heterocycles. The minimum atomic E-state index is -4.27. The number of Topliss-reactive ketones (excluding diaryl/α,β-unsaturated/α-hetero) is 1. The minimum Gasteiger partial charge on any atom is -0.492 e. The first-order valence-corrected chi connectivity index (χ1v) is 10.6. The first-order chi connectivity index (χ1) is 15.2. The normalized spacial score (nSPS) is 20.1. The monoisotopic (exact) mass is 452 g/mol. The van der Waals surface area contributed by atoms with E-state index in [2.05, 4.69) is 9.80 Å². The van der Waals surface area contributed by atoms with Gasteiger partial charge in [0.15, 0.2) is 5.78 Å². The summed E-state index contributed by atoms with van der Waals surface area (Å²) in [5.74, 6) is -0.600. The molecule has 1 aliphatic heterocycles. The molecule has 9 heteroatoms. The molecule has 1 aromatic carbocycles. The van der Waals surface area contributed by atoms with E-state index in [1.807, 2.05) is 6.08 Å². The van der Waals surface area contributed by atoms with Crippen LogP contribution in [-0.4, -0.2) is 78.2 Å². The summed E-state index contributed by atoms with van der Waals surface area (Å²) in [6, 6.07) is 6.41. The number of benzene rings is 1. The lowest BCUT2D eigenvalue weighted by Crippen LogP contribution is -2.51. The van der Waals surface area contributed by atoms with Crippen molar-refractivity contribution in [2.24, 2.45) is 0 Å². The number of aliphatic carboxylic acids is 1. The van der Waals surface area contributed by atoms with Gasteiger partial charge in [0.1, 0.15) is 12.4 Å². The summed E-state index contributed by atoms with van der Waals surface area (Å²) in [6.07, 6.45) is -0.00747. The van der Waals surface area contributed by atoms with Crippen molar-refractivity contribution in [3.63, 3.8) is 0 Å². The zero-order chi connectivity index (χ0) is 23.1. The SMILES string of the molecule is O=C(O)CCC(=O)c1ccc(OCCN2CCN(C3C=CC=C(C(F)(F)F)C3)CC2)cc1. The smallest absolute Gasteiger partial charge is 0.412 e. The second-order valence-electron chi connectivity index (χ2n) is 7.91. The molecule has 32 heavy (non-hydrogen) atoms. The zero-order valence-corrected chi connectivity index (χ0v) is 17.7. The van der Waals surface area contributed by atoms with Crippen LogP contribution in [-0.2, 0) is 4.79 Å². The van der Waals surface area contributed by atoms with Gasteiger partial charge in [-0.05, 0) is 30.7 Å². The Morgan fingerprint density at radius 2 is 1.75 bits per heavy atom. The summed E-state index contributed by atoms with van der Waals surface area (Å²) >= 11 is 0. The number of carboxylic acid groups (broad SMARTS) is 1. The van der Waals surface area contributed by atoms with Crippen molar-refractivity contribution in [3.05, 3.63) is 53.6 Å². The van der Waals surface area contributed by atoms with E-state index in [0.29, 0.717) is 37.6 Å². The molecule has 0 bridgehead atoms. The molecular weight excluding hydrogens is 425 g/mol. The van der Waals surface area contributed by atoms with Gasteiger partial charge >= 0.3 is 12.1 Å². The van der Waals surface area contributed by atoms with Crippen LogP contribution >= 0.6 is 0 Å². The highest BCUT2D eigenvalue weighted by molar-refractivity contribution is 5.97. The Bertz CT molecular complexity index is 857. The number of hydrogen-bond acceptors (Lipinski definition) is 5. The Morgan fingerprint density at radius 1 is 1.06 bits per heavy atom. The Morgan fingerprint density at radius 3 is 2.38 bits per heavy atom. The van der Waals surface area contributed by atoms with E-state index in [1.54, 1.807) is 24.3 Å². The van der Waals surface area contributed by atoms with E-state index in [4.69, 9.17) is 9.84 Å². The number of rotatable bonds is 9. The molecule has 0 saturated carbocycles. The van der Waals surface area contributed by atoms with Crippen LogP contribution in [0.2, 0.25) is 0 Å². The molecular formula is C23H27F3N2O4. The van der Waals surface area contributed by atoms with Crippen LogP contribution in [0.5, 0.6) is 5.75 Å². The van der Waals surface area contributed by atoms with E-state index in [0.717, 1.165) is 19.2 Å². The van der Waals surface area contributed by atoms with Crippen LogP contribution in [0.15, 0.2) is 48.1 Å². The summed E-state index contributed by atoms with van der Waals surface area (Å²) in [6.45, 7) is 4.07. The summed E-state index contributed by atoms with van der Waals surface area (Å²) in [4.78, 5) is 26.8. The van der Waals surface area contributed by atoms with Crippen LogP contribution in [0.25, 0.3) is 0 Å². The van der Waals surface area contributed by atoms with Gasteiger partial charge in [0.05, 0.1) is 6.42 Å². The first-order valence-electron chi connectivity index (χ1n) is 10.6. The van der Waals surface area contributed by atoms with Crippen molar-refractivity contribution in [1.82, 2.24) is 9.80 Å². The number of nitrogens with zero attached hydrogens (tertiary/aromatic N) is 2. The third kappa shape index (κ3) is 6.93. The predicted molar refractivity (Wildman–Crippen MR) is 113 cm³/mol. The van der Waals surface area contributed by atoms with E-state index >= 15 is 0 Å². The van der Waals surface area contributed by atoms with Gasteiger partial charge < -0.3 is 9.84 Å². The largest absolute Gasteiger partial charge is 0.492 e. The van der Waals surface area contributed by atoms with Gasteiger partial charge in [0.2, 0.25) is 0 Å². The molecule has 3 rings (SSSR count). The number of carboxylic acids is 1. The number of carbonyl (C=O) groups excluding carboxylic acids is 1. The van der Waals surface area contributed by atoms with Crippen molar-refractivity contribution in [2.45, 2.75) is 31.5 Å². The van der Waals surface area contributed by atoms with Gasteiger partial charge in [0, 0.05) is 56.3 Å². The van der Waals surface area contributed by atoms with Crippen molar-refractivity contribution >= 4 is 11.8 Å². The van der Waals surface area contributed by atoms with Gasteiger partial charge in [-0.25, -0.2) is 0 Å². The molecule has 1 aliphatic carbocycles. The molecule has 1 N–H and O–H groups in total. The van der Waals surface area contributed by atoms with E-state index in [9.17, 15) is 22.8 Å². The zero-order valence-electron chi connectivity index (χ0n) is 17.7. The molecule has 1 saturated heterocycles. The number of halogens is 3. The molecule has 1 aromatic rings. The summed E-state index contributed by atoms with van der Waals surface area (Å²) in [5.41, 5.74) is -0.0227. The lowest BCUT2D eigenvalue weighted by Gasteiger charge is -2.39. The van der Waals surface area contributed by atoms with Crippen molar-refractivity contribution in [1.29, 1.82) is 0 Å². The second-order valence-corrected chi connectivity index (χ2v) is 7.91. The molecule has 0 spiro atoms. The topological polar surface area (TPSA) is 70.1 Å². The standard InChI is InChI=1S/C23H27F3N2O4/c24-23(25,26)18-2-1-3-19(16-18)28-12-10-27(11-13-28)14-15-32-20-6-4-17(5-7-20)21(29)8-9-22(30)31/h1-7,19H,8-16H2,(H,30,31). The summed E-state index contributed by atoms with van der Waals surface area (Å²) < 4.78 is 44.6. The van der Waals surface area contributed by atoms with Gasteiger partial charge in [0.25, 0.3) is 0 Å². The number of ketones is 1.